The van der Waals surface area contributed by atoms with E-state index in [1.165, 1.54) is 12.2 Å². The van der Waals surface area contributed by atoms with Crippen molar-refractivity contribution in [3.05, 3.63) is 12.2 Å². The molecule has 3 nitrogen and oxygen atoms in total. The quantitative estimate of drug-likeness (QED) is 0.464. The van der Waals surface area contributed by atoms with E-state index >= 15 is 0 Å². The topological polar surface area (TPSA) is 58.0 Å². The molecule has 0 amide bonds. The number of nitrogens with one attached hydrogen (secondary N) is 1. The van der Waals surface area contributed by atoms with E-state index in [2.05, 4.69) is 0 Å². The molecule has 0 aromatic heterocycles. The number of allylic oxidation sites excluding steroid dienone is 2. The molecule has 0 bridgehead atoms. The molecule has 0 heterocycles. The van der Waals surface area contributed by atoms with E-state index in [1.54, 1.807) is 0 Å². The molecule has 0 radical (unpaired) electrons. The lowest BCUT2D eigenvalue weighted by Gasteiger charge is -1.99. The summed E-state index contributed by atoms with van der Waals surface area (Å²) in [4.78, 5) is 21.0. The van der Waals surface area contributed by atoms with Crippen LogP contribution in [0.2, 0.25) is 0 Å². The molecule has 0 aliphatic heterocycles. The third-order valence-corrected chi connectivity index (χ3v) is 1.09. The third-order valence-electron chi connectivity index (χ3n) is 1.09. The first kappa shape index (κ1) is 5.88. The first-order chi connectivity index (χ1) is 4.22. The molecular weight excluding hydrogens is 118 g/mol. The molecule has 0 atom stereocenters. The first-order valence-corrected chi connectivity index (χ1v) is 2.54. The molecule has 0 aromatic rings. The molecule has 0 fully saturated rings. The van der Waals surface area contributed by atoms with Crippen LogP contribution >= 0.6 is 0 Å². The largest absolute Gasteiger partial charge is 0.297 e. The monoisotopic (exact) mass is 123 g/mol. The highest BCUT2D eigenvalue weighted by Crippen LogP contribution is 1.97. The maximum atomic E-state index is 10.5. The van der Waals surface area contributed by atoms with Crippen molar-refractivity contribution in [1.82, 2.24) is 0 Å². The van der Waals surface area contributed by atoms with Crippen LogP contribution < -0.4 is 0 Å². The molecule has 0 aromatic carbocycles. The molecule has 9 heavy (non-hydrogen) atoms. The van der Waals surface area contributed by atoms with Gasteiger partial charge >= 0.3 is 0 Å². The van der Waals surface area contributed by atoms with Crippen molar-refractivity contribution in [3.63, 3.8) is 0 Å². The second-order valence-electron chi connectivity index (χ2n) is 1.77. The van der Waals surface area contributed by atoms with Crippen LogP contribution in [0.5, 0.6) is 0 Å². The van der Waals surface area contributed by atoms with Crippen molar-refractivity contribution in [1.29, 1.82) is 5.41 Å². The summed E-state index contributed by atoms with van der Waals surface area (Å²) in [6.07, 6.45) is 3.02. The molecule has 0 saturated carbocycles. The van der Waals surface area contributed by atoms with Gasteiger partial charge in [0.2, 0.25) is 11.6 Å². The van der Waals surface area contributed by atoms with Gasteiger partial charge in [0.1, 0.15) is 5.71 Å². The van der Waals surface area contributed by atoms with Gasteiger partial charge in [-0.15, -0.1) is 0 Å². The zero-order valence-electron chi connectivity index (χ0n) is 4.68. The molecule has 1 N–H and O–H groups in total. The smallest absolute Gasteiger partial charge is 0.246 e. The van der Waals surface area contributed by atoms with Gasteiger partial charge in [-0.05, 0) is 6.08 Å². The average Bonchev–Trinajstić information content (AvgIpc) is 1.83. The molecule has 46 valence electrons. The number of carbonyl (C=O) groups is 2. The summed E-state index contributed by atoms with van der Waals surface area (Å²) < 4.78 is 0. The van der Waals surface area contributed by atoms with Crippen molar-refractivity contribution >= 4 is 17.3 Å². The fourth-order valence-electron chi connectivity index (χ4n) is 0.602. The fraction of sp³-hybridized carbons (Fsp3) is 0.167. The highest BCUT2D eigenvalue weighted by atomic mass is 16.2. The predicted molar refractivity (Wildman–Crippen MR) is 31.5 cm³/mol. The second-order valence-corrected chi connectivity index (χ2v) is 1.77. The van der Waals surface area contributed by atoms with E-state index in [-0.39, 0.29) is 12.1 Å². The normalized spacial score (nSPS) is 18.9. The number of carbonyl (C=O) groups excluding carboxylic acids is 2. The summed E-state index contributed by atoms with van der Waals surface area (Å²) in [5, 5.41) is 6.87. The average molecular weight is 123 g/mol. The Bertz CT molecular complexity index is 215. The van der Waals surface area contributed by atoms with Crippen molar-refractivity contribution in [3.8, 4) is 0 Å². The highest BCUT2D eigenvalue weighted by molar-refractivity contribution is 6.67. The van der Waals surface area contributed by atoms with E-state index in [1.807, 2.05) is 0 Å². The Morgan fingerprint density at radius 3 is 2.56 bits per heavy atom. The van der Waals surface area contributed by atoms with E-state index in [0.29, 0.717) is 0 Å². The molecule has 0 spiro atoms. The summed E-state index contributed by atoms with van der Waals surface area (Å²) >= 11 is 0. The summed E-state index contributed by atoms with van der Waals surface area (Å²) in [7, 11) is 0. The zero-order valence-corrected chi connectivity index (χ0v) is 4.68. The first-order valence-electron chi connectivity index (χ1n) is 2.54. The lowest BCUT2D eigenvalue weighted by Crippen LogP contribution is -2.23. The summed E-state index contributed by atoms with van der Waals surface area (Å²) in [5.41, 5.74) is -0.203. The van der Waals surface area contributed by atoms with Crippen LogP contribution in [0.25, 0.3) is 0 Å². The van der Waals surface area contributed by atoms with Crippen LogP contribution in [-0.2, 0) is 9.59 Å². The summed E-state index contributed by atoms with van der Waals surface area (Å²) in [5.74, 6) is -1.15. The van der Waals surface area contributed by atoms with Crippen LogP contribution in [0.1, 0.15) is 6.42 Å². The second kappa shape index (κ2) is 1.93. The zero-order chi connectivity index (χ0) is 6.85. The lowest BCUT2D eigenvalue weighted by atomic mass is 10.0. The Kier molecular flexibility index (Phi) is 1.26. The van der Waals surface area contributed by atoms with E-state index in [9.17, 15) is 9.59 Å². The SMILES string of the molecule is N=C1C=CCC(=O)C1=O. The minimum atomic E-state index is -0.669. The van der Waals surface area contributed by atoms with Crippen molar-refractivity contribution < 1.29 is 9.59 Å². The van der Waals surface area contributed by atoms with Crippen LogP contribution in [0.3, 0.4) is 0 Å². The van der Waals surface area contributed by atoms with Gasteiger partial charge in [0, 0.05) is 6.42 Å². The number of Topliss-reactive ketones (excluding diaryl/α,β-unsaturated/α-hetero) is 2. The molecule has 1 rings (SSSR count). The molecule has 3 heteroatoms. The molecule has 1 aliphatic carbocycles. The summed E-state index contributed by atoms with van der Waals surface area (Å²) in [6.45, 7) is 0. The van der Waals surface area contributed by atoms with Gasteiger partial charge in [0.25, 0.3) is 0 Å². The minimum absolute atomic E-state index is 0.154. The van der Waals surface area contributed by atoms with Gasteiger partial charge in [-0.25, -0.2) is 0 Å². The van der Waals surface area contributed by atoms with Gasteiger partial charge < -0.3 is 0 Å². The Morgan fingerprint density at radius 1 is 1.44 bits per heavy atom. The van der Waals surface area contributed by atoms with Crippen LogP contribution in [0.15, 0.2) is 12.2 Å². The molecule has 0 saturated heterocycles. The van der Waals surface area contributed by atoms with Gasteiger partial charge in [-0.3, -0.25) is 15.0 Å². The van der Waals surface area contributed by atoms with Crippen molar-refractivity contribution in [2.24, 2.45) is 0 Å². The maximum absolute atomic E-state index is 10.5. The van der Waals surface area contributed by atoms with Gasteiger partial charge in [0.05, 0.1) is 0 Å². The van der Waals surface area contributed by atoms with Crippen LogP contribution in [0, 0.1) is 5.41 Å². The predicted octanol–water partition coefficient (Wildman–Crippen LogP) is 0.104. The Balaban J connectivity index is 2.94. The Labute approximate surface area is 51.9 Å². The highest BCUT2D eigenvalue weighted by Gasteiger charge is 2.18. The summed E-state index contributed by atoms with van der Waals surface area (Å²) in [6, 6.07) is 0. The van der Waals surface area contributed by atoms with Gasteiger partial charge in [-0.1, -0.05) is 6.08 Å². The molecular formula is C6H5NO2. The van der Waals surface area contributed by atoms with Gasteiger partial charge in [0.15, 0.2) is 0 Å². The third kappa shape index (κ3) is 0.937. The molecule has 1 aliphatic rings. The molecule has 0 unspecified atom stereocenters. The lowest BCUT2D eigenvalue weighted by molar-refractivity contribution is -0.132. The van der Waals surface area contributed by atoms with E-state index in [0.717, 1.165) is 0 Å². The maximum Gasteiger partial charge on any atom is 0.246 e. The van der Waals surface area contributed by atoms with E-state index < -0.39 is 11.6 Å². The van der Waals surface area contributed by atoms with Crippen LogP contribution in [0.4, 0.5) is 0 Å². The standard InChI is InChI=1S/C6H5NO2/c7-4-2-1-3-5(8)6(4)9/h1-2,7H,3H2. The van der Waals surface area contributed by atoms with E-state index in [4.69, 9.17) is 5.41 Å². The minimum Gasteiger partial charge on any atom is -0.297 e. The van der Waals surface area contributed by atoms with Crippen molar-refractivity contribution in [2.45, 2.75) is 6.42 Å². The number of hydrogen-bond donors (Lipinski definition) is 1. The number of ketones is 2. The number of rotatable bonds is 0. The Morgan fingerprint density at radius 2 is 2.11 bits per heavy atom. The number of hydrogen-bond acceptors (Lipinski definition) is 3. The fourth-order valence-corrected chi connectivity index (χ4v) is 0.602. The van der Waals surface area contributed by atoms with Crippen molar-refractivity contribution in [2.75, 3.05) is 0 Å². The Hall–Kier alpha value is -1.25. The van der Waals surface area contributed by atoms with Crippen LogP contribution in [-0.4, -0.2) is 17.3 Å². The van der Waals surface area contributed by atoms with Gasteiger partial charge in [-0.2, -0.15) is 0 Å².